The largest absolute Gasteiger partial charge is 0.467 e. The van der Waals surface area contributed by atoms with Crippen LogP contribution in [0.5, 0.6) is 6.01 Å². The maximum Gasteiger partial charge on any atom is 0.316 e. The summed E-state index contributed by atoms with van der Waals surface area (Å²) >= 11 is 1.85. The minimum Gasteiger partial charge on any atom is -0.467 e. The number of likely N-dealkylation sites (tertiary alicyclic amines) is 1. The fourth-order valence-corrected chi connectivity index (χ4v) is 6.27. The number of benzene rings is 1. The maximum absolute atomic E-state index is 5.05. The van der Waals surface area contributed by atoms with Crippen LogP contribution in [0, 0.1) is 5.92 Å². The molecule has 3 aliphatic rings. The Morgan fingerprint density at radius 2 is 2.00 bits per heavy atom. The number of fused-ring (bicyclic) bond motifs is 2. The van der Waals surface area contributed by atoms with Gasteiger partial charge in [-0.25, -0.2) is 15.0 Å². The third-order valence-electron chi connectivity index (χ3n) is 6.92. The summed E-state index contributed by atoms with van der Waals surface area (Å²) in [4.78, 5) is 16.1. The van der Waals surface area contributed by atoms with E-state index >= 15 is 0 Å². The third-order valence-corrected chi connectivity index (χ3v) is 8.10. The van der Waals surface area contributed by atoms with Gasteiger partial charge in [-0.1, -0.05) is 6.07 Å². The van der Waals surface area contributed by atoms with Gasteiger partial charge in [0.2, 0.25) is 0 Å². The Kier molecular flexibility index (Phi) is 4.29. The van der Waals surface area contributed by atoms with Gasteiger partial charge < -0.3 is 10.1 Å². The van der Waals surface area contributed by atoms with E-state index in [1.165, 1.54) is 48.6 Å². The highest BCUT2D eigenvalue weighted by molar-refractivity contribution is 7.18. The first-order valence-corrected chi connectivity index (χ1v) is 11.3. The van der Waals surface area contributed by atoms with Gasteiger partial charge in [0.15, 0.2) is 0 Å². The smallest absolute Gasteiger partial charge is 0.316 e. The SMILES string of the molecule is COc1ncc(-c2ccc3nc(C4CC(N5CC6CCNC6C5)C4)sc3c2)cn1. The minimum atomic E-state index is 0.395. The first kappa shape index (κ1) is 17.7. The molecule has 1 saturated carbocycles. The molecule has 6 rings (SSSR count). The zero-order valence-electron chi connectivity index (χ0n) is 16.5. The second-order valence-corrected chi connectivity index (χ2v) is 9.64. The van der Waals surface area contributed by atoms with Crippen molar-refractivity contribution in [2.45, 2.75) is 37.3 Å². The summed E-state index contributed by atoms with van der Waals surface area (Å²) < 4.78 is 6.30. The van der Waals surface area contributed by atoms with Crippen LogP contribution in [0.15, 0.2) is 30.6 Å². The quantitative estimate of drug-likeness (QED) is 0.716. The third kappa shape index (κ3) is 3.12. The number of methoxy groups -OCH3 is 1. The Morgan fingerprint density at radius 1 is 1.14 bits per heavy atom. The molecule has 0 amide bonds. The lowest BCUT2D eigenvalue weighted by Crippen LogP contribution is -2.44. The summed E-state index contributed by atoms with van der Waals surface area (Å²) in [6.07, 6.45) is 7.51. The predicted octanol–water partition coefficient (Wildman–Crippen LogP) is 3.30. The zero-order chi connectivity index (χ0) is 19.4. The van der Waals surface area contributed by atoms with Crippen LogP contribution in [0.1, 0.15) is 30.2 Å². The first-order valence-electron chi connectivity index (χ1n) is 10.5. The molecule has 7 heteroatoms. The second kappa shape index (κ2) is 7.00. The maximum atomic E-state index is 5.05. The van der Waals surface area contributed by atoms with E-state index in [0.717, 1.165) is 34.6 Å². The van der Waals surface area contributed by atoms with Gasteiger partial charge >= 0.3 is 6.01 Å². The molecule has 150 valence electrons. The topological polar surface area (TPSA) is 63.2 Å². The Balaban J connectivity index is 1.16. The molecule has 1 aliphatic carbocycles. The Bertz CT molecular complexity index is 1020. The normalized spacial score (nSPS) is 29.1. The number of hydrogen-bond acceptors (Lipinski definition) is 7. The molecule has 6 nitrogen and oxygen atoms in total. The molecular weight excluding hydrogens is 382 g/mol. The van der Waals surface area contributed by atoms with Crippen LogP contribution >= 0.6 is 11.3 Å². The standard InChI is InChI=1S/C22H25N5OS/c1-28-22-24-9-16(10-25-22)13-2-3-18-20(8-13)29-21(26-18)15-6-17(7-15)27-11-14-4-5-23-19(14)12-27/h2-3,8-10,14-15,17,19,23H,4-7,11-12H2,1H3. The van der Waals surface area contributed by atoms with Gasteiger partial charge in [-0.05, 0) is 49.4 Å². The second-order valence-electron chi connectivity index (χ2n) is 8.58. The number of aromatic nitrogens is 3. The van der Waals surface area contributed by atoms with Crippen LogP contribution in [0.3, 0.4) is 0 Å². The van der Waals surface area contributed by atoms with Gasteiger partial charge in [-0.15, -0.1) is 11.3 Å². The van der Waals surface area contributed by atoms with Gasteiger partial charge in [-0.3, -0.25) is 4.90 Å². The Morgan fingerprint density at radius 3 is 2.79 bits per heavy atom. The highest BCUT2D eigenvalue weighted by Gasteiger charge is 2.43. The van der Waals surface area contributed by atoms with Crippen LogP contribution in [0.2, 0.25) is 0 Å². The van der Waals surface area contributed by atoms with E-state index < -0.39 is 0 Å². The molecule has 2 atom stereocenters. The van der Waals surface area contributed by atoms with E-state index in [2.05, 4.69) is 38.4 Å². The molecule has 2 unspecified atom stereocenters. The highest BCUT2D eigenvalue weighted by atomic mass is 32.1. The lowest BCUT2D eigenvalue weighted by atomic mass is 9.80. The fourth-order valence-electron chi connectivity index (χ4n) is 5.14. The molecule has 29 heavy (non-hydrogen) atoms. The van der Waals surface area contributed by atoms with Crippen LogP contribution in [0.25, 0.3) is 21.3 Å². The van der Waals surface area contributed by atoms with Crippen molar-refractivity contribution in [2.24, 2.45) is 5.92 Å². The summed E-state index contributed by atoms with van der Waals surface area (Å²) in [5.41, 5.74) is 3.23. The molecule has 0 bridgehead atoms. The average Bonchev–Trinajstić information content (AvgIpc) is 3.41. The van der Waals surface area contributed by atoms with Crippen molar-refractivity contribution in [1.29, 1.82) is 0 Å². The van der Waals surface area contributed by atoms with E-state index in [-0.39, 0.29) is 0 Å². The molecule has 1 aromatic carbocycles. The van der Waals surface area contributed by atoms with Crippen LogP contribution in [0.4, 0.5) is 0 Å². The monoisotopic (exact) mass is 407 g/mol. The molecule has 2 aromatic heterocycles. The van der Waals surface area contributed by atoms with Crippen molar-refractivity contribution in [3.63, 3.8) is 0 Å². The van der Waals surface area contributed by atoms with Crippen LogP contribution < -0.4 is 10.1 Å². The van der Waals surface area contributed by atoms with E-state index in [1.54, 1.807) is 7.11 Å². The van der Waals surface area contributed by atoms with Gasteiger partial charge in [0, 0.05) is 49.0 Å². The fraction of sp³-hybridized carbons (Fsp3) is 0.500. The lowest BCUT2D eigenvalue weighted by molar-refractivity contribution is 0.128. The Labute approximate surface area is 174 Å². The lowest BCUT2D eigenvalue weighted by Gasteiger charge is -2.40. The average molecular weight is 408 g/mol. The summed E-state index contributed by atoms with van der Waals surface area (Å²) in [6.45, 7) is 3.75. The number of hydrogen-bond donors (Lipinski definition) is 1. The highest BCUT2D eigenvalue weighted by Crippen LogP contribution is 2.44. The van der Waals surface area contributed by atoms with Crippen molar-refractivity contribution in [3.05, 3.63) is 35.6 Å². The van der Waals surface area contributed by atoms with Gasteiger partial charge in [0.25, 0.3) is 0 Å². The van der Waals surface area contributed by atoms with Crippen molar-refractivity contribution in [2.75, 3.05) is 26.7 Å². The molecular formula is C22H25N5OS. The molecule has 3 aromatic rings. The number of thiazole rings is 1. The van der Waals surface area contributed by atoms with Crippen molar-refractivity contribution in [3.8, 4) is 17.1 Å². The molecule has 0 spiro atoms. The van der Waals surface area contributed by atoms with Gasteiger partial charge in [-0.2, -0.15) is 0 Å². The molecule has 4 heterocycles. The number of rotatable bonds is 4. The minimum absolute atomic E-state index is 0.395. The molecule has 2 saturated heterocycles. The van der Waals surface area contributed by atoms with Crippen molar-refractivity contribution < 1.29 is 4.74 Å². The van der Waals surface area contributed by atoms with Crippen molar-refractivity contribution >= 4 is 21.6 Å². The molecule has 0 radical (unpaired) electrons. The molecule has 2 aliphatic heterocycles. The van der Waals surface area contributed by atoms with Crippen LogP contribution in [-0.2, 0) is 0 Å². The van der Waals surface area contributed by atoms with Crippen molar-refractivity contribution in [1.82, 2.24) is 25.2 Å². The summed E-state index contributed by atoms with van der Waals surface area (Å²) in [6, 6.07) is 8.34. The Hall–Kier alpha value is -2.09. The van der Waals surface area contributed by atoms with E-state index in [0.29, 0.717) is 11.9 Å². The number of ether oxygens (including phenoxy) is 1. The summed E-state index contributed by atoms with van der Waals surface area (Å²) in [5.74, 6) is 1.51. The van der Waals surface area contributed by atoms with Gasteiger partial charge in [0.1, 0.15) is 0 Å². The van der Waals surface area contributed by atoms with E-state index in [4.69, 9.17) is 9.72 Å². The zero-order valence-corrected chi connectivity index (χ0v) is 17.4. The van der Waals surface area contributed by atoms with E-state index in [1.807, 2.05) is 23.7 Å². The molecule has 1 N–H and O–H groups in total. The number of nitrogens with one attached hydrogen (secondary N) is 1. The summed E-state index contributed by atoms with van der Waals surface area (Å²) in [7, 11) is 1.58. The predicted molar refractivity (Wildman–Crippen MR) is 114 cm³/mol. The van der Waals surface area contributed by atoms with Gasteiger partial charge in [0.05, 0.1) is 22.3 Å². The summed E-state index contributed by atoms with van der Waals surface area (Å²) in [5, 5.41) is 4.97. The van der Waals surface area contributed by atoms with Crippen LogP contribution in [-0.4, -0.2) is 58.7 Å². The first-order chi connectivity index (χ1) is 14.3. The number of nitrogens with zero attached hydrogens (tertiary/aromatic N) is 4. The molecule has 3 fully saturated rings. The van der Waals surface area contributed by atoms with E-state index in [9.17, 15) is 0 Å².